The lowest BCUT2D eigenvalue weighted by atomic mass is 10.0. The molecule has 0 bridgehead atoms. The number of hydrogen-bond donors (Lipinski definition) is 1. The molecule has 4 nitrogen and oxygen atoms in total. The van der Waals surface area contributed by atoms with Crippen LogP contribution < -0.4 is 5.32 Å². The molecule has 0 spiro atoms. The quantitative estimate of drug-likeness (QED) is 0.683. The molecule has 0 aromatic rings. The van der Waals surface area contributed by atoms with E-state index >= 15 is 0 Å². The first-order valence-electron chi connectivity index (χ1n) is 6.84. The largest absolute Gasteiger partial charge is 0.378 e. The van der Waals surface area contributed by atoms with Crippen molar-refractivity contribution in [3.05, 3.63) is 0 Å². The molecule has 4 heteroatoms. The summed E-state index contributed by atoms with van der Waals surface area (Å²) in [5.41, 5.74) is 0. The summed E-state index contributed by atoms with van der Waals surface area (Å²) in [6, 6.07) is 0. The summed E-state index contributed by atoms with van der Waals surface area (Å²) in [6.45, 7) is 9.15. The van der Waals surface area contributed by atoms with Crippen LogP contribution in [0.2, 0.25) is 0 Å². The van der Waals surface area contributed by atoms with Crippen molar-refractivity contribution in [1.29, 1.82) is 0 Å². The highest BCUT2D eigenvalue weighted by atomic mass is 16.5. The summed E-state index contributed by atoms with van der Waals surface area (Å²) in [6.07, 6.45) is 3.03. The molecular formula is C13H26N2O2. The van der Waals surface area contributed by atoms with Crippen molar-refractivity contribution in [2.45, 2.75) is 33.1 Å². The molecule has 1 aliphatic rings. The van der Waals surface area contributed by atoms with Gasteiger partial charge in [-0.1, -0.05) is 26.7 Å². The Labute approximate surface area is 105 Å². The predicted molar refractivity (Wildman–Crippen MR) is 69.0 cm³/mol. The molecule has 1 amide bonds. The Morgan fingerprint density at radius 1 is 1.29 bits per heavy atom. The molecule has 1 fully saturated rings. The molecular weight excluding hydrogens is 216 g/mol. The molecule has 0 aromatic heterocycles. The first kappa shape index (κ1) is 14.5. The highest BCUT2D eigenvalue weighted by molar-refractivity contribution is 5.76. The van der Waals surface area contributed by atoms with E-state index in [1.807, 2.05) is 4.90 Å². The van der Waals surface area contributed by atoms with Crippen molar-refractivity contribution in [3.8, 4) is 0 Å². The Morgan fingerprint density at radius 3 is 2.53 bits per heavy atom. The molecule has 100 valence electrons. The number of hydrogen-bond acceptors (Lipinski definition) is 3. The zero-order valence-electron chi connectivity index (χ0n) is 11.2. The minimum atomic E-state index is 0.255. The lowest BCUT2D eigenvalue weighted by Gasteiger charge is -2.27. The molecule has 1 aliphatic heterocycles. The Kier molecular flexibility index (Phi) is 7.21. The van der Waals surface area contributed by atoms with E-state index in [0.717, 1.165) is 32.1 Å². The summed E-state index contributed by atoms with van der Waals surface area (Å²) >= 11 is 0. The second-order valence-electron chi connectivity index (χ2n) is 4.63. The van der Waals surface area contributed by atoms with Gasteiger partial charge in [-0.3, -0.25) is 4.79 Å². The normalized spacial score (nSPS) is 16.5. The maximum Gasteiger partial charge on any atom is 0.224 e. The van der Waals surface area contributed by atoms with E-state index in [1.165, 1.54) is 12.8 Å². The lowest BCUT2D eigenvalue weighted by Crippen LogP contribution is -2.41. The third kappa shape index (κ3) is 5.50. The van der Waals surface area contributed by atoms with Gasteiger partial charge < -0.3 is 15.0 Å². The Balaban J connectivity index is 2.07. The summed E-state index contributed by atoms with van der Waals surface area (Å²) in [4.78, 5) is 13.7. The van der Waals surface area contributed by atoms with Gasteiger partial charge in [0.25, 0.3) is 0 Å². The molecule has 17 heavy (non-hydrogen) atoms. The van der Waals surface area contributed by atoms with Gasteiger partial charge in [0.15, 0.2) is 0 Å². The zero-order chi connectivity index (χ0) is 12.5. The van der Waals surface area contributed by atoms with Crippen molar-refractivity contribution in [2.75, 3.05) is 39.4 Å². The highest BCUT2D eigenvalue weighted by Gasteiger charge is 2.15. The molecule has 0 radical (unpaired) electrons. The Hall–Kier alpha value is -0.610. The van der Waals surface area contributed by atoms with Gasteiger partial charge in [-0.2, -0.15) is 0 Å². The van der Waals surface area contributed by atoms with Crippen molar-refractivity contribution in [1.82, 2.24) is 10.2 Å². The van der Waals surface area contributed by atoms with Crippen molar-refractivity contribution in [3.63, 3.8) is 0 Å². The fourth-order valence-electron chi connectivity index (χ4n) is 2.05. The molecule has 1 saturated heterocycles. The second kappa shape index (κ2) is 8.48. The monoisotopic (exact) mass is 242 g/mol. The summed E-state index contributed by atoms with van der Waals surface area (Å²) in [5.74, 6) is 0.999. The third-order valence-corrected chi connectivity index (χ3v) is 3.47. The molecule has 1 heterocycles. The van der Waals surface area contributed by atoms with Crippen LogP contribution in [0.15, 0.2) is 0 Å². The highest BCUT2D eigenvalue weighted by Crippen LogP contribution is 2.05. The maximum absolute atomic E-state index is 11.8. The van der Waals surface area contributed by atoms with E-state index in [1.54, 1.807) is 0 Å². The minimum absolute atomic E-state index is 0.255. The van der Waals surface area contributed by atoms with Crippen LogP contribution in [0.5, 0.6) is 0 Å². The summed E-state index contributed by atoms with van der Waals surface area (Å²) < 4.78 is 5.23. The molecule has 0 atom stereocenters. The van der Waals surface area contributed by atoms with Gasteiger partial charge >= 0.3 is 0 Å². The number of ether oxygens (including phenoxy) is 1. The Morgan fingerprint density at radius 2 is 1.94 bits per heavy atom. The van der Waals surface area contributed by atoms with Crippen LogP contribution in [0.25, 0.3) is 0 Å². The topological polar surface area (TPSA) is 41.6 Å². The molecule has 1 rings (SSSR count). The van der Waals surface area contributed by atoms with Crippen LogP contribution in [0, 0.1) is 5.92 Å². The van der Waals surface area contributed by atoms with Crippen LogP contribution in [-0.2, 0) is 9.53 Å². The average Bonchev–Trinajstić information content (AvgIpc) is 2.40. The Bertz CT molecular complexity index is 211. The van der Waals surface area contributed by atoms with Gasteiger partial charge in [-0.15, -0.1) is 0 Å². The standard InChI is InChI=1S/C13H26N2O2/c1-3-12(4-2)11-14-6-5-13(16)15-7-9-17-10-8-15/h12,14H,3-11H2,1-2H3. The fourth-order valence-corrected chi connectivity index (χ4v) is 2.05. The first-order chi connectivity index (χ1) is 8.27. The van der Waals surface area contributed by atoms with E-state index in [0.29, 0.717) is 19.6 Å². The van der Waals surface area contributed by atoms with Crippen molar-refractivity contribution < 1.29 is 9.53 Å². The number of amides is 1. The number of carbonyl (C=O) groups is 1. The summed E-state index contributed by atoms with van der Waals surface area (Å²) in [5, 5.41) is 3.38. The van der Waals surface area contributed by atoms with E-state index in [9.17, 15) is 4.79 Å². The fraction of sp³-hybridized carbons (Fsp3) is 0.923. The van der Waals surface area contributed by atoms with Crippen LogP contribution in [0.3, 0.4) is 0 Å². The van der Waals surface area contributed by atoms with Gasteiger partial charge in [-0.05, 0) is 12.5 Å². The van der Waals surface area contributed by atoms with E-state index in [2.05, 4.69) is 19.2 Å². The number of nitrogens with one attached hydrogen (secondary N) is 1. The number of carbonyl (C=O) groups excluding carboxylic acids is 1. The second-order valence-corrected chi connectivity index (χ2v) is 4.63. The smallest absolute Gasteiger partial charge is 0.224 e. The van der Waals surface area contributed by atoms with Crippen LogP contribution >= 0.6 is 0 Å². The lowest BCUT2D eigenvalue weighted by molar-refractivity contribution is -0.135. The zero-order valence-corrected chi connectivity index (χ0v) is 11.2. The number of nitrogens with zero attached hydrogens (tertiary/aromatic N) is 1. The number of rotatable bonds is 7. The summed E-state index contributed by atoms with van der Waals surface area (Å²) in [7, 11) is 0. The third-order valence-electron chi connectivity index (χ3n) is 3.47. The first-order valence-corrected chi connectivity index (χ1v) is 6.84. The maximum atomic E-state index is 11.8. The molecule has 0 saturated carbocycles. The molecule has 0 aromatic carbocycles. The van der Waals surface area contributed by atoms with Gasteiger partial charge in [-0.25, -0.2) is 0 Å². The van der Waals surface area contributed by atoms with Crippen molar-refractivity contribution >= 4 is 5.91 Å². The molecule has 1 N–H and O–H groups in total. The van der Waals surface area contributed by atoms with Gasteiger partial charge in [0, 0.05) is 26.1 Å². The molecule has 0 aliphatic carbocycles. The van der Waals surface area contributed by atoms with E-state index in [-0.39, 0.29) is 5.91 Å². The SMILES string of the molecule is CCC(CC)CNCCC(=O)N1CCOCC1. The van der Waals surface area contributed by atoms with E-state index < -0.39 is 0 Å². The van der Waals surface area contributed by atoms with Crippen molar-refractivity contribution in [2.24, 2.45) is 5.92 Å². The molecule has 0 unspecified atom stereocenters. The van der Waals surface area contributed by atoms with Gasteiger partial charge in [0.05, 0.1) is 13.2 Å². The minimum Gasteiger partial charge on any atom is -0.378 e. The average molecular weight is 242 g/mol. The van der Waals surface area contributed by atoms with Crippen LogP contribution in [-0.4, -0.2) is 50.2 Å². The number of morpholine rings is 1. The van der Waals surface area contributed by atoms with Crippen LogP contribution in [0.1, 0.15) is 33.1 Å². The van der Waals surface area contributed by atoms with Gasteiger partial charge in [0.2, 0.25) is 5.91 Å². The predicted octanol–water partition coefficient (Wildman–Crippen LogP) is 1.26. The van der Waals surface area contributed by atoms with Gasteiger partial charge in [0.1, 0.15) is 0 Å². The van der Waals surface area contributed by atoms with Crippen LogP contribution in [0.4, 0.5) is 0 Å². The van der Waals surface area contributed by atoms with E-state index in [4.69, 9.17) is 4.74 Å².